The molecule has 0 bridgehead atoms. The first kappa shape index (κ1) is 20.5. The van der Waals surface area contributed by atoms with Gasteiger partial charge in [0.2, 0.25) is 5.91 Å². The van der Waals surface area contributed by atoms with Gasteiger partial charge in [-0.1, -0.05) is 13.0 Å². The summed E-state index contributed by atoms with van der Waals surface area (Å²) < 4.78 is 0. The second-order valence-corrected chi connectivity index (χ2v) is 8.17. The molecule has 6 heteroatoms. The zero-order chi connectivity index (χ0) is 20.9. The van der Waals surface area contributed by atoms with Crippen molar-refractivity contribution in [3.05, 3.63) is 59.9 Å². The van der Waals surface area contributed by atoms with Gasteiger partial charge < -0.3 is 9.80 Å². The Kier molecular flexibility index (Phi) is 6.43. The molecular formula is C24H30N4O2. The topological polar surface area (TPSA) is 56.8 Å². The summed E-state index contributed by atoms with van der Waals surface area (Å²) >= 11 is 0. The number of nitrogens with zero attached hydrogens (tertiary/aromatic N) is 4. The molecule has 2 aromatic rings. The number of pyridine rings is 1. The summed E-state index contributed by atoms with van der Waals surface area (Å²) in [5.41, 5.74) is 2.76. The molecule has 0 aliphatic carbocycles. The normalized spacial score (nSPS) is 19.5. The van der Waals surface area contributed by atoms with Gasteiger partial charge in [-0.3, -0.25) is 19.5 Å². The van der Waals surface area contributed by atoms with Crippen LogP contribution in [0.2, 0.25) is 0 Å². The van der Waals surface area contributed by atoms with Crippen molar-refractivity contribution in [3.8, 4) is 0 Å². The number of likely N-dealkylation sites (tertiary alicyclic amines) is 1. The molecule has 2 aliphatic heterocycles. The zero-order valence-electron chi connectivity index (χ0n) is 17.7. The van der Waals surface area contributed by atoms with Crippen LogP contribution in [-0.4, -0.2) is 58.8 Å². The molecule has 0 radical (unpaired) electrons. The Labute approximate surface area is 178 Å². The van der Waals surface area contributed by atoms with Crippen molar-refractivity contribution in [1.82, 2.24) is 14.8 Å². The van der Waals surface area contributed by atoms with E-state index in [1.807, 2.05) is 41.6 Å². The number of anilines is 1. The van der Waals surface area contributed by atoms with Gasteiger partial charge in [0.25, 0.3) is 5.91 Å². The minimum atomic E-state index is 0.0631. The standard InChI is InChI=1S/C24H30N4O2/c1-2-26(17-19-10-12-25-13-11-19)22-8-4-14-27(18-22)24(30)20-6-3-7-21(16-20)28-15-5-9-23(28)29/h3,6-7,10-13,16,22H,2,4-5,8-9,14-15,17-18H2,1H3. The van der Waals surface area contributed by atoms with Gasteiger partial charge in [0.1, 0.15) is 0 Å². The van der Waals surface area contributed by atoms with Crippen LogP contribution >= 0.6 is 0 Å². The molecule has 0 N–H and O–H groups in total. The minimum Gasteiger partial charge on any atom is -0.337 e. The lowest BCUT2D eigenvalue weighted by Crippen LogP contribution is -2.49. The highest BCUT2D eigenvalue weighted by atomic mass is 16.2. The van der Waals surface area contributed by atoms with Gasteiger partial charge in [0.15, 0.2) is 0 Å². The van der Waals surface area contributed by atoms with Crippen LogP contribution in [-0.2, 0) is 11.3 Å². The van der Waals surface area contributed by atoms with Gasteiger partial charge in [-0.2, -0.15) is 0 Å². The van der Waals surface area contributed by atoms with E-state index in [0.717, 1.165) is 57.7 Å². The Morgan fingerprint density at radius 2 is 2.00 bits per heavy atom. The van der Waals surface area contributed by atoms with Crippen molar-refractivity contribution in [2.45, 2.75) is 45.2 Å². The SMILES string of the molecule is CCN(Cc1ccncc1)C1CCCN(C(=O)c2cccc(N3CCCC3=O)c2)C1. The fourth-order valence-electron chi connectivity index (χ4n) is 4.57. The first-order valence-electron chi connectivity index (χ1n) is 11.0. The highest BCUT2D eigenvalue weighted by Gasteiger charge is 2.29. The molecule has 1 aromatic heterocycles. The van der Waals surface area contributed by atoms with Gasteiger partial charge in [0.05, 0.1) is 0 Å². The number of hydrogen-bond donors (Lipinski definition) is 0. The van der Waals surface area contributed by atoms with E-state index in [0.29, 0.717) is 18.0 Å². The number of carbonyl (C=O) groups excluding carboxylic acids is 2. The quantitative estimate of drug-likeness (QED) is 0.738. The monoisotopic (exact) mass is 406 g/mol. The lowest BCUT2D eigenvalue weighted by Gasteiger charge is -2.39. The number of hydrogen-bond acceptors (Lipinski definition) is 4. The van der Waals surface area contributed by atoms with Crippen molar-refractivity contribution in [2.24, 2.45) is 0 Å². The van der Waals surface area contributed by atoms with Crippen LogP contribution in [0.15, 0.2) is 48.8 Å². The molecule has 2 aliphatic rings. The minimum absolute atomic E-state index is 0.0631. The van der Waals surface area contributed by atoms with Gasteiger partial charge in [0, 0.05) is 62.3 Å². The maximum Gasteiger partial charge on any atom is 0.253 e. The lowest BCUT2D eigenvalue weighted by atomic mass is 10.0. The lowest BCUT2D eigenvalue weighted by molar-refractivity contribution is -0.117. The predicted octanol–water partition coefficient (Wildman–Crippen LogP) is 3.34. The number of carbonyl (C=O) groups is 2. The van der Waals surface area contributed by atoms with Crippen LogP contribution in [0.5, 0.6) is 0 Å². The predicted molar refractivity (Wildman–Crippen MR) is 117 cm³/mol. The molecule has 2 saturated heterocycles. The molecule has 1 unspecified atom stereocenters. The molecule has 1 atom stereocenters. The van der Waals surface area contributed by atoms with Crippen LogP contribution in [0.3, 0.4) is 0 Å². The number of likely N-dealkylation sites (N-methyl/N-ethyl adjacent to an activating group) is 1. The molecule has 158 valence electrons. The maximum absolute atomic E-state index is 13.3. The Morgan fingerprint density at radius 3 is 2.73 bits per heavy atom. The van der Waals surface area contributed by atoms with E-state index in [2.05, 4.69) is 28.9 Å². The highest BCUT2D eigenvalue weighted by molar-refractivity contribution is 5.99. The number of benzene rings is 1. The Hall–Kier alpha value is -2.73. The molecule has 2 amide bonds. The Bertz CT molecular complexity index is 886. The molecule has 1 aromatic carbocycles. The second kappa shape index (κ2) is 9.39. The molecule has 2 fully saturated rings. The van der Waals surface area contributed by atoms with Crippen LogP contribution < -0.4 is 4.90 Å². The van der Waals surface area contributed by atoms with Gasteiger partial charge in [-0.05, 0) is 61.7 Å². The van der Waals surface area contributed by atoms with E-state index in [1.54, 1.807) is 4.90 Å². The number of aromatic nitrogens is 1. The first-order chi connectivity index (χ1) is 14.7. The van der Waals surface area contributed by atoms with Crippen molar-refractivity contribution in [1.29, 1.82) is 0 Å². The highest BCUT2D eigenvalue weighted by Crippen LogP contribution is 2.24. The summed E-state index contributed by atoms with van der Waals surface area (Å²) in [6.07, 6.45) is 7.25. The molecule has 0 saturated carbocycles. The second-order valence-electron chi connectivity index (χ2n) is 8.17. The van der Waals surface area contributed by atoms with Crippen LogP contribution in [0.25, 0.3) is 0 Å². The van der Waals surface area contributed by atoms with E-state index < -0.39 is 0 Å². The van der Waals surface area contributed by atoms with Crippen LogP contribution in [0.4, 0.5) is 5.69 Å². The fourth-order valence-corrected chi connectivity index (χ4v) is 4.57. The van der Waals surface area contributed by atoms with E-state index >= 15 is 0 Å². The largest absolute Gasteiger partial charge is 0.337 e. The summed E-state index contributed by atoms with van der Waals surface area (Å²) in [5, 5.41) is 0. The Balaban J connectivity index is 1.45. The van der Waals surface area contributed by atoms with Crippen molar-refractivity contribution >= 4 is 17.5 Å². The van der Waals surface area contributed by atoms with Crippen molar-refractivity contribution in [3.63, 3.8) is 0 Å². The van der Waals surface area contributed by atoms with Crippen LogP contribution in [0, 0.1) is 0 Å². The Morgan fingerprint density at radius 1 is 1.17 bits per heavy atom. The smallest absolute Gasteiger partial charge is 0.253 e. The van der Waals surface area contributed by atoms with Crippen molar-refractivity contribution in [2.75, 3.05) is 31.1 Å². The average Bonchev–Trinajstić information content (AvgIpc) is 3.23. The molecule has 30 heavy (non-hydrogen) atoms. The molecule has 3 heterocycles. The van der Waals surface area contributed by atoms with E-state index in [4.69, 9.17) is 0 Å². The van der Waals surface area contributed by atoms with Gasteiger partial charge >= 0.3 is 0 Å². The van der Waals surface area contributed by atoms with E-state index in [1.165, 1.54) is 5.56 Å². The maximum atomic E-state index is 13.3. The third-order valence-electron chi connectivity index (χ3n) is 6.22. The third kappa shape index (κ3) is 4.54. The summed E-state index contributed by atoms with van der Waals surface area (Å²) in [5.74, 6) is 0.209. The average molecular weight is 407 g/mol. The fraction of sp³-hybridized carbons (Fsp3) is 0.458. The molecule has 0 spiro atoms. The molecule has 4 rings (SSSR count). The summed E-state index contributed by atoms with van der Waals surface area (Å²) in [7, 11) is 0. The zero-order valence-corrected chi connectivity index (χ0v) is 17.7. The molecule has 6 nitrogen and oxygen atoms in total. The van der Waals surface area contributed by atoms with Gasteiger partial charge in [-0.25, -0.2) is 0 Å². The van der Waals surface area contributed by atoms with Crippen molar-refractivity contribution < 1.29 is 9.59 Å². The number of amides is 2. The first-order valence-corrected chi connectivity index (χ1v) is 11.0. The third-order valence-corrected chi connectivity index (χ3v) is 6.22. The number of rotatable bonds is 6. The summed E-state index contributed by atoms with van der Waals surface area (Å²) in [4.78, 5) is 35.7. The van der Waals surface area contributed by atoms with Gasteiger partial charge in [-0.15, -0.1) is 0 Å². The number of piperidine rings is 1. The summed E-state index contributed by atoms with van der Waals surface area (Å²) in [6, 6.07) is 12.0. The van der Waals surface area contributed by atoms with E-state index in [-0.39, 0.29) is 11.8 Å². The summed E-state index contributed by atoms with van der Waals surface area (Å²) in [6.45, 7) is 6.26. The van der Waals surface area contributed by atoms with E-state index in [9.17, 15) is 9.59 Å². The molecular weight excluding hydrogens is 376 g/mol. The van der Waals surface area contributed by atoms with Crippen LogP contribution in [0.1, 0.15) is 48.5 Å².